The van der Waals surface area contributed by atoms with Crippen molar-refractivity contribution in [3.8, 4) is 11.6 Å². The first kappa shape index (κ1) is 14.1. The molecule has 3 aromatic rings. The molecule has 0 amide bonds. The Morgan fingerprint density at radius 2 is 2.24 bits per heavy atom. The van der Waals surface area contributed by atoms with Crippen molar-refractivity contribution in [2.75, 3.05) is 13.7 Å². The second-order valence-corrected chi connectivity index (χ2v) is 5.51. The Labute approximate surface area is 126 Å². The molecule has 21 heavy (non-hydrogen) atoms. The number of ether oxygens (including phenoxy) is 1. The SMILES string of the molecule is CNCc1c(Oc2ccccc2CCO)nc2sccn12. The highest BCUT2D eigenvalue weighted by Crippen LogP contribution is 2.30. The molecule has 5 nitrogen and oxygen atoms in total. The molecule has 110 valence electrons. The van der Waals surface area contributed by atoms with E-state index in [4.69, 9.17) is 9.84 Å². The van der Waals surface area contributed by atoms with Crippen LogP contribution in [-0.4, -0.2) is 28.1 Å². The number of benzene rings is 1. The van der Waals surface area contributed by atoms with E-state index in [1.54, 1.807) is 11.3 Å². The van der Waals surface area contributed by atoms with Crippen molar-refractivity contribution in [1.29, 1.82) is 0 Å². The largest absolute Gasteiger partial charge is 0.437 e. The number of nitrogens with zero attached hydrogens (tertiary/aromatic N) is 2. The number of nitrogens with one attached hydrogen (secondary N) is 1. The molecular formula is C15H17N3O2S. The van der Waals surface area contributed by atoms with Gasteiger partial charge in [-0.25, -0.2) is 0 Å². The van der Waals surface area contributed by atoms with E-state index in [0.29, 0.717) is 18.8 Å². The summed E-state index contributed by atoms with van der Waals surface area (Å²) < 4.78 is 8.05. The lowest BCUT2D eigenvalue weighted by atomic mass is 10.1. The number of aliphatic hydroxyl groups is 1. The molecule has 0 aliphatic rings. The van der Waals surface area contributed by atoms with Crippen LogP contribution in [0, 0.1) is 0 Å². The number of para-hydroxylation sites is 1. The lowest BCUT2D eigenvalue weighted by Gasteiger charge is -2.10. The van der Waals surface area contributed by atoms with Gasteiger partial charge in [0.2, 0.25) is 5.88 Å². The maximum Gasteiger partial charge on any atom is 0.243 e. The smallest absolute Gasteiger partial charge is 0.243 e. The summed E-state index contributed by atoms with van der Waals surface area (Å²) in [4.78, 5) is 5.46. The number of rotatable bonds is 6. The number of imidazole rings is 1. The van der Waals surface area contributed by atoms with Gasteiger partial charge in [-0.15, -0.1) is 11.3 Å². The van der Waals surface area contributed by atoms with Crippen LogP contribution in [0.1, 0.15) is 11.3 Å². The first-order valence-corrected chi connectivity index (χ1v) is 7.67. The fraction of sp³-hybridized carbons (Fsp3) is 0.267. The topological polar surface area (TPSA) is 58.8 Å². The van der Waals surface area contributed by atoms with Crippen molar-refractivity contribution in [2.24, 2.45) is 0 Å². The highest BCUT2D eigenvalue weighted by molar-refractivity contribution is 7.15. The lowest BCUT2D eigenvalue weighted by molar-refractivity contribution is 0.297. The van der Waals surface area contributed by atoms with E-state index in [9.17, 15) is 0 Å². The van der Waals surface area contributed by atoms with Crippen LogP contribution >= 0.6 is 11.3 Å². The zero-order valence-corrected chi connectivity index (χ0v) is 12.6. The molecule has 2 N–H and O–H groups in total. The van der Waals surface area contributed by atoms with Gasteiger partial charge in [-0.3, -0.25) is 4.40 Å². The molecule has 0 fully saturated rings. The van der Waals surface area contributed by atoms with E-state index >= 15 is 0 Å². The van der Waals surface area contributed by atoms with E-state index in [1.165, 1.54) is 0 Å². The zero-order valence-electron chi connectivity index (χ0n) is 11.7. The molecule has 3 rings (SSSR count). The van der Waals surface area contributed by atoms with Gasteiger partial charge in [0.15, 0.2) is 4.96 Å². The van der Waals surface area contributed by atoms with Crippen molar-refractivity contribution in [3.05, 3.63) is 47.1 Å². The molecule has 0 radical (unpaired) electrons. The summed E-state index contributed by atoms with van der Waals surface area (Å²) in [6.45, 7) is 0.775. The summed E-state index contributed by atoms with van der Waals surface area (Å²) in [7, 11) is 1.90. The van der Waals surface area contributed by atoms with Crippen LogP contribution in [0.3, 0.4) is 0 Å². The molecule has 0 bridgehead atoms. The molecule has 0 atom stereocenters. The third-order valence-corrected chi connectivity index (χ3v) is 3.99. The zero-order chi connectivity index (χ0) is 14.7. The minimum atomic E-state index is 0.0992. The number of aromatic nitrogens is 2. The fourth-order valence-electron chi connectivity index (χ4n) is 2.26. The van der Waals surface area contributed by atoms with Gasteiger partial charge >= 0.3 is 0 Å². The Bertz CT molecular complexity index is 735. The molecule has 2 heterocycles. The quantitative estimate of drug-likeness (QED) is 0.734. The third kappa shape index (κ3) is 2.78. The average Bonchev–Trinajstić information content (AvgIpc) is 3.05. The molecule has 0 unspecified atom stereocenters. The summed E-state index contributed by atoms with van der Waals surface area (Å²) in [5.41, 5.74) is 1.97. The Morgan fingerprint density at radius 1 is 1.38 bits per heavy atom. The second kappa shape index (κ2) is 6.26. The summed E-state index contributed by atoms with van der Waals surface area (Å²) in [6, 6.07) is 7.73. The van der Waals surface area contributed by atoms with Gasteiger partial charge in [-0.05, 0) is 25.1 Å². The summed E-state index contributed by atoms with van der Waals surface area (Å²) >= 11 is 1.58. The normalized spacial score (nSPS) is 11.1. The predicted molar refractivity (Wildman–Crippen MR) is 83.1 cm³/mol. The van der Waals surface area contributed by atoms with Gasteiger partial charge in [0.1, 0.15) is 11.4 Å². The molecule has 2 aromatic heterocycles. The Hall–Kier alpha value is -1.89. The molecule has 0 saturated carbocycles. The molecule has 0 aliphatic carbocycles. The summed E-state index contributed by atoms with van der Waals surface area (Å²) in [6.07, 6.45) is 2.56. The van der Waals surface area contributed by atoms with Gasteiger partial charge in [0.05, 0.1) is 0 Å². The van der Waals surface area contributed by atoms with Crippen LogP contribution in [0.25, 0.3) is 4.96 Å². The summed E-state index contributed by atoms with van der Waals surface area (Å²) in [5, 5.41) is 14.3. The van der Waals surface area contributed by atoms with Gasteiger partial charge in [0, 0.05) is 24.7 Å². The Balaban J connectivity index is 1.97. The van der Waals surface area contributed by atoms with Crippen LogP contribution in [-0.2, 0) is 13.0 Å². The van der Waals surface area contributed by atoms with Gasteiger partial charge in [-0.1, -0.05) is 18.2 Å². The van der Waals surface area contributed by atoms with Crippen LogP contribution in [0.2, 0.25) is 0 Å². The summed E-state index contributed by atoms with van der Waals surface area (Å²) in [5.74, 6) is 1.36. The van der Waals surface area contributed by atoms with Crippen LogP contribution < -0.4 is 10.1 Å². The van der Waals surface area contributed by atoms with Crippen LogP contribution in [0.15, 0.2) is 35.8 Å². The molecule has 0 saturated heterocycles. The number of thiazole rings is 1. The van der Waals surface area contributed by atoms with Crippen LogP contribution in [0.5, 0.6) is 11.6 Å². The minimum Gasteiger partial charge on any atom is -0.437 e. The van der Waals surface area contributed by atoms with Gasteiger partial charge in [0.25, 0.3) is 0 Å². The highest BCUT2D eigenvalue weighted by atomic mass is 32.1. The number of fused-ring (bicyclic) bond motifs is 1. The molecule has 0 spiro atoms. The average molecular weight is 303 g/mol. The first-order valence-electron chi connectivity index (χ1n) is 6.79. The van der Waals surface area contributed by atoms with E-state index in [-0.39, 0.29) is 6.61 Å². The highest BCUT2D eigenvalue weighted by Gasteiger charge is 2.15. The molecule has 6 heteroatoms. The van der Waals surface area contributed by atoms with Crippen molar-refractivity contribution in [2.45, 2.75) is 13.0 Å². The number of hydrogen-bond acceptors (Lipinski definition) is 5. The lowest BCUT2D eigenvalue weighted by Crippen LogP contribution is -2.08. The van der Waals surface area contributed by atoms with Gasteiger partial charge in [-0.2, -0.15) is 4.98 Å². The first-order chi connectivity index (χ1) is 10.3. The predicted octanol–water partition coefficient (Wildman–Crippen LogP) is 2.44. The maximum absolute atomic E-state index is 9.15. The van der Waals surface area contributed by atoms with E-state index in [0.717, 1.165) is 22.0 Å². The molecule has 1 aromatic carbocycles. The monoisotopic (exact) mass is 303 g/mol. The fourth-order valence-corrected chi connectivity index (χ4v) is 2.98. The van der Waals surface area contributed by atoms with Crippen molar-refractivity contribution < 1.29 is 9.84 Å². The van der Waals surface area contributed by atoms with Gasteiger partial charge < -0.3 is 15.2 Å². The standard InChI is InChI=1S/C15H17N3O2S/c1-16-10-12-14(17-15-18(12)7-9-21-15)20-13-5-3-2-4-11(13)6-8-19/h2-5,7,9,16,19H,6,8,10H2,1H3. The Kier molecular flexibility index (Phi) is 4.19. The number of hydrogen-bond donors (Lipinski definition) is 2. The Morgan fingerprint density at radius 3 is 3.05 bits per heavy atom. The van der Waals surface area contributed by atoms with E-state index in [2.05, 4.69) is 10.3 Å². The van der Waals surface area contributed by atoms with Crippen LogP contribution in [0.4, 0.5) is 0 Å². The van der Waals surface area contributed by atoms with E-state index < -0.39 is 0 Å². The molecule has 0 aliphatic heterocycles. The number of aliphatic hydroxyl groups excluding tert-OH is 1. The second-order valence-electron chi connectivity index (χ2n) is 4.63. The maximum atomic E-state index is 9.15. The van der Waals surface area contributed by atoms with Crippen molar-refractivity contribution in [1.82, 2.24) is 14.7 Å². The van der Waals surface area contributed by atoms with Crippen molar-refractivity contribution in [3.63, 3.8) is 0 Å². The van der Waals surface area contributed by atoms with E-state index in [1.807, 2.05) is 47.3 Å². The minimum absolute atomic E-state index is 0.0992. The molecular weight excluding hydrogens is 286 g/mol. The van der Waals surface area contributed by atoms with Crippen molar-refractivity contribution >= 4 is 16.3 Å². The third-order valence-electron chi connectivity index (χ3n) is 3.23.